The molecule has 8 heteroatoms. The molecule has 0 aliphatic rings. The third-order valence-electron chi connectivity index (χ3n) is 3.03. The summed E-state index contributed by atoms with van der Waals surface area (Å²) in [6.07, 6.45) is 0. The van der Waals surface area contributed by atoms with Gasteiger partial charge in [0.2, 0.25) is 0 Å². The lowest BCUT2D eigenvalue weighted by Gasteiger charge is -2.08. The number of hydrogen-bond acceptors (Lipinski definition) is 4. The molecule has 2 aromatic carbocycles. The molecule has 0 fully saturated rings. The molecule has 0 saturated heterocycles. The number of carboxylic acid groups (broad SMARTS) is 2. The SMILES string of the molecule is COc1ccc(CNCc2c(F)cccc2Cl)cc1.O=C(O)C(=O)O. The zero-order valence-electron chi connectivity index (χ0n) is 13.3. The topological polar surface area (TPSA) is 95.9 Å². The van der Waals surface area contributed by atoms with E-state index in [1.807, 2.05) is 24.3 Å². The van der Waals surface area contributed by atoms with Crippen LogP contribution in [0.1, 0.15) is 11.1 Å². The van der Waals surface area contributed by atoms with Gasteiger partial charge in [-0.2, -0.15) is 0 Å². The lowest BCUT2D eigenvalue weighted by molar-refractivity contribution is -0.159. The van der Waals surface area contributed by atoms with Crippen LogP contribution in [0.4, 0.5) is 4.39 Å². The molecule has 0 atom stereocenters. The summed E-state index contributed by atoms with van der Waals surface area (Å²) in [7, 11) is 1.63. The molecule has 0 heterocycles. The number of rotatable bonds is 5. The van der Waals surface area contributed by atoms with Crippen LogP contribution in [-0.2, 0) is 22.7 Å². The fourth-order valence-corrected chi connectivity index (χ4v) is 2.01. The van der Waals surface area contributed by atoms with Crippen molar-refractivity contribution in [1.82, 2.24) is 5.32 Å². The monoisotopic (exact) mass is 369 g/mol. The second-order valence-corrected chi connectivity index (χ2v) is 5.17. The maximum absolute atomic E-state index is 13.5. The lowest BCUT2D eigenvalue weighted by atomic mass is 10.2. The van der Waals surface area contributed by atoms with E-state index in [1.165, 1.54) is 6.07 Å². The minimum Gasteiger partial charge on any atom is -0.497 e. The van der Waals surface area contributed by atoms with Gasteiger partial charge in [-0.25, -0.2) is 14.0 Å². The molecule has 0 radical (unpaired) electrons. The first-order valence-corrected chi connectivity index (χ1v) is 7.45. The number of hydrogen-bond donors (Lipinski definition) is 3. The molecule has 0 amide bonds. The Labute approximate surface area is 148 Å². The van der Waals surface area contributed by atoms with E-state index in [4.69, 9.17) is 36.1 Å². The summed E-state index contributed by atoms with van der Waals surface area (Å²) in [5, 5.41) is 18.4. The molecular formula is C17H17ClFNO5. The zero-order valence-corrected chi connectivity index (χ0v) is 14.1. The summed E-state index contributed by atoms with van der Waals surface area (Å²) < 4.78 is 18.6. The standard InChI is InChI=1S/C15H15ClFNO.C2H2O4/c1-19-12-7-5-11(6-8-12)9-18-10-13-14(16)3-2-4-15(13)17;3-1(4)2(5)6/h2-8,18H,9-10H2,1H3;(H,3,4)(H,5,6). The van der Waals surface area contributed by atoms with Crippen molar-refractivity contribution in [3.05, 3.63) is 64.4 Å². The van der Waals surface area contributed by atoms with Crippen LogP contribution in [0.3, 0.4) is 0 Å². The molecular weight excluding hydrogens is 353 g/mol. The van der Waals surface area contributed by atoms with Gasteiger partial charge >= 0.3 is 11.9 Å². The van der Waals surface area contributed by atoms with Gasteiger partial charge in [0.15, 0.2) is 0 Å². The maximum Gasteiger partial charge on any atom is 0.414 e. The second-order valence-electron chi connectivity index (χ2n) is 4.76. The highest BCUT2D eigenvalue weighted by Crippen LogP contribution is 2.18. The molecule has 2 aromatic rings. The van der Waals surface area contributed by atoms with Gasteiger partial charge in [0.1, 0.15) is 11.6 Å². The van der Waals surface area contributed by atoms with Crippen molar-refractivity contribution in [2.75, 3.05) is 7.11 Å². The van der Waals surface area contributed by atoms with Crippen LogP contribution in [0.25, 0.3) is 0 Å². The molecule has 0 aliphatic heterocycles. The Morgan fingerprint density at radius 2 is 1.68 bits per heavy atom. The van der Waals surface area contributed by atoms with Crippen LogP contribution in [-0.4, -0.2) is 29.3 Å². The normalized spacial score (nSPS) is 9.72. The summed E-state index contributed by atoms with van der Waals surface area (Å²) >= 11 is 5.95. The van der Waals surface area contributed by atoms with E-state index in [2.05, 4.69) is 5.32 Å². The van der Waals surface area contributed by atoms with Crippen LogP contribution in [0.2, 0.25) is 5.02 Å². The molecule has 2 rings (SSSR count). The molecule has 0 aromatic heterocycles. The van der Waals surface area contributed by atoms with Gasteiger partial charge in [0, 0.05) is 23.7 Å². The van der Waals surface area contributed by atoms with Crippen LogP contribution >= 0.6 is 11.6 Å². The number of carboxylic acids is 2. The lowest BCUT2D eigenvalue weighted by Crippen LogP contribution is -2.14. The number of methoxy groups -OCH3 is 1. The highest BCUT2D eigenvalue weighted by molar-refractivity contribution is 6.31. The van der Waals surface area contributed by atoms with E-state index in [0.29, 0.717) is 23.7 Å². The predicted molar refractivity (Wildman–Crippen MR) is 90.2 cm³/mol. The Morgan fingerprint density at radius 1 is 1.08 bits per heavy atom. The van der Waals surface area contributed by atoms with Gasteiger partial charge in [0.05, 0.1) is 7.11 Å². The summed E-state index contributed by atoms with van der Waals surface area (Å²) in [4.78, 5) is 18.2. The fourth-order valence-electron chi connectivity index (χ4n) is 1.78. The maximum atomic E-state index is 13.5. The van der Waals surface area contributed by atoms with E-state index < -0.39 is 11.9 Å². The van der Waals surface area contributed by atoms with Crippen molar-refractivity contribution in [3.63, 3.8) is 0 Å². The van der Waals surface area contributed by atoms with Gasteiger partial charge in [-0.3, -0.25) is 0 Å². The van der Waals surface area contributed by atoms with Crippen molar-refractivity contribution in [2.45, 2.75) is 13.1 Å². The number of nitrogens with one attached hydrogen (secondary N) is 1. The first kappa shape index (κ1) is 20.4. The van der Waals surface area contributed by atoms with E-state index in [-0.39, 0.29) is 5.82 Å². The highest BCUT2D eigenvalue weighted by atomic mass is 35.5. The molecule has 0 unspecified atom stereocenters. The average Bonchev–Trinajstić information content (AvgIpc) is 2.58. The highest BCUT2D eigenvalue weighted by Gasteiger charge is 2.06. The van der Waals surface area contributed by atoms with Crippen LogP contribution in [0, 0.1) is 5.82 Å². The quantitative estimate of drug-likeness (QED) is 0.701. The van der Waals surface area contributed by atoms with Gasteiger partial charge < -0.3 is 20.3 Å². The van der Waals surface area contributed by atoms with E-state index in [9.17, 15) is 4.39 Å². The summed E-state index contributed by atoms with van der Waals surface area (Å²) in [5.74, 6) is -3.11. The minimum absolute atomic E-state index is 0.283. The van der Waals surface area contributed by atoms with Crippen LogP contribution in [0.5, 0.6) is 5.75 Å². The summed E-state index contributed by atoms with van der Waals surface area (Å²) in [6, 6.07) is 12.4. The Balaban J connectivity index is 0.000000450. The minimum atomic E-state index is -1.82. The van der Waals surface area contributed by atoms with Crippen molar-refractivity contribution in [3.8, 4) is 5.75 Å². The molecule has 0 bridgehead atoms. The van der Waals surface area contributed by atoms with Gasteiger partial charge in [-0.1, -0.05) is 29.8 Å². The van der Waals surface area contributed by atoms with Crippen LogP contribution in [0.15, 0.2) is 42.5 Å². The van der Waals surface area contributed by atoms with Crippen molar-refractivity contribution < 1.29 is 28.9 Å². The Kier molecular flexibility index (Phi) is 8.38. The van der Waals surface area contributed by atoms with E-state index in [1.54, 1.807) is 19.2 Å². The summed E-state index contributed by atoms with van der Waals surface area (Å²) in [5.41, 5.74) is 1.60. The van der Waals surface area contributed by atoms with Crippen molar-refractivity contribution >= 4 is 23.5 Å². The molecule has 6 nitrogen and oxygen atoms in total. The van der Waals surface area contributed by atoms with E-state index >= 15 is 0 Å². The number of benzene rings is 2. The predicted octanol–water partition coefficient (Wildman–Crippen LogP) is 2.93. The molecule has 0 aliphatic carbocycles. The van der Waals surface area contributed by atoms with Crippen molar-refractivity contribution in [1.29, 1.82) is 0 Å². The van der Waals surface area contributed by atoms with Gasteiger partial charge in [-0.05, 0) is 29.8 Å². The van der Waals surface area contributed by atoms with Crippen LogP contribution < -0.4 is 10.1 Å². The van der Waals surface area contributed by atoms with Gasteiger partial charge in [0.25, 0.3) is 0 Å². The largest absolute Gasteiger partial charge is 0.497 e. The third-order valence-corrected chi connectivity index (χ3v) is 3.39. The van der Waals surface area contributed by atoms with Gasteiger partial charge in [-0.15, -0.1) is 0 Å². The number of ether oxygens (including phenoxy) is 1. The zero-order chi connectivity index (χ0) is 18.8. The number of aliphatic carboxylic acids is 2. The first-order valence-electron chi connectivity index (χ1n) is 7.08. The summed E-state index contributed by atoms with van der Waals surface area (Å²) in [6.45, 7) is 1.05. The average molecular weight is 370 g/mol. The Hall–Kier alpha value is -2.64. The van der Waals surface area contributed by atoms with Crippen molar-refractivity contribution in [2.24, 2.45) is 0 Å². The third kappa shape index (κ3) is 7.19. The number of carbonyl (C=O) groups is 2. The molecule has 3 N–H and O–H groups in total. The molecule has 0 spiro atoms. The molecule has 25 heavy (non-hydrogen) atoms. The Morgan fingerprint density at radius 3 is 2.16 bits per heavy atom. The fraction of sp³-hybridized carbons (Fsp3) is 0.176. The second kappa shape index (κ2) is 10.3. The van der Waals surface area contributed by atoms with E-state index in [0.717, 1.165) is 11.3 Å². The number of halogens is 2. The first-order chi connectivity index (χ1) is 11.8. The smallest absolute Gasteiger partial charge is 0.414 e. The molecule has 0 saturated carbocycles. The molecule has 134 valence electrons. The Bertz CT molecular complexity index is 689.